The van der Waals surface area contributed by atoms with Gasteiger partial charge in [-0.2, -0.15) is 9.50 Å². The molecule has 7 rings (SSSR count). The van der Waals surface area contributed by atoms with E-state index in [0.29, 0.717) is 28.6 Å². The van der Waals surface area contributed by atoms with E-state index in [1.165, 1.54) is 21.8 Å². The van der Waals surface area contributed by atoms with Crippen molar-refractivity contribution in [3.63, 3.8) is 0 Å². The molecule has 2 aromatic carbocycles. The van der Waals surface area contributed by atoms with Gasteiger partial charge in [0.05, 0.1) is 5.52 Å². The van der Waals surface area contributed by atoms with Gasteiger partial charge in [0.2, 0.25) is 11.9 Å². The summed E-state index contributed by atoms with van der Waals surface area (Å²) in [6.07, 6.45) is 5.79. The van der Waals surface area contributed by atoms with Gasteiger partial charge < -0.3 is 5.32 Å². The molecule has 0 radical (unpaired) electrons. The van der Waals surface area contributed by atoms with Crippen molar-refractivity contribution in [1.29, 1.82) is 0 Å². The summed E-state index contributed by atoms with van der Waals surface area (Å²) in [5.41, 5.74) is 4.81. The molecule has 0 bridgehead atoms. The molecular formula is C28H25N9O. The second-order valence-corrected chi connectivity index (χ2v) is 10.1. The maximum Gasteiger partial charge on any atom is 0.284 e. The molecule has 0 unspecified atom stereocenters. The summed E-state index contributed by atoms with van der Waals surface area (Å²) >= 11 is 0. The summed E-state index contributed by atoms with van der Waals surface area (Å²) in [5.74, 6) is 0.763. The number of benzene rings is 2. The van der Waals surface area contributed by atoms with Crippen molar-refractivity contribution in [2.24, 2.45) is 0 Å². The van der Waals surface area contributed by atoms with E-state index in [9.17, 15) is 4.79 Å². The first kappa shape index (κ1) is 22.5. The maximum absolute atomic E-state index is 13.7. The highest BCUT2D eigenvalue weighted by Crippen LogP contribution is 2.35. The standard InChI is InChI=1S/C28H25N9O/c1-28(2)21-10-9-18(15-17(21)11-14-35(28)3)32-26-31-16-20-23(34-26)33-24-19-7-4-5-8-22(19)36(37(24)25(20)38)27-29-12-6-13-30-27/h4-10,12-13,15-16H,11,14H2,1-3H3,(H,31,32,34). The van der Waals surface area contributed by atoms with Gasteiger partial charge in [0.1, 0.15) is 5.39 Å². The Morgan fingerprint density at radius 1 is 0.947 bits per heavy atom. The summed E-state index contributed by atoms with van der Waals surface area (Å²) in [4.78, 5) is 38.7. The topological polar surface area (TPSA) is 106 Å². The van der Waals surface area contributed by atoms with Gasteiger partial charge in [-0.3, -0.25) is 9.69 Å². The number of para-hydroxylation sites is 1. The largest absolute Gasteiger partial charge is 0.324 e. The zero-order chi connectivity index (χ0) is 26.0. The van der Waals surface area contributed by atoms with E-state index >= 15 is 0 Å². The first-order chi connectivity index (χ1) is 18.4. The molecule has 4 aromatic heterocycles. The second kappa shape index (κ2) is 8.15. The molecule has 10 nitrogen and oxygen atoms in total. The van der Waals surface area contributed by atoms with E-state index in [2.05, 4.69) is 63.2 Å². The summed E-state index contributed by atoms with van der Waals surface area (Å²) < 4.78 is 3.17. The van der Waals surface area contributed by atoms with Gasteiger partial charge in [0.15, 0.2) is 11.3 Å². The van der Waals surface area contributed by atoms with Crippen LogP contribution < -0.4 is 10.9 Å². The summed E-state index contributed by atoms with van der Waals surface area (Å²) in [5, 5.41) is 4.42. The Balaban J connectivity index is 1.35. The molecule has 10 heteroatoms. The average Bonchev–Trinajstić information content (AvgIpc) is 3.26. The lowest BCUT2D eigenvalue weighted by atomic mass is 9.83. The lowest BCUT2D eigenvalue weighted by Crippen LogP contribution is -2.43. The summed E-state index contributed by atoms with van der Waals surface area (Å²) in [6.45, 7) is 5.49. The monoisotopic (exact) mass is 503 g/mol. The fraction of sp³-hybridized carbons (Fsp3) is 0.214. The smallest absolute Gasteiger partial charge is 0.284 e. The van der Waals surface area contributed by atoms with Crippen LogP contribution in [-0.2, 0) is 12.0 Å². The predicted octanol–water partition coefficient (Wildman–Crippen LogP) is 3.84. The molecule has 0 saturated carbocycles. The highest BCUT2D eigenvalue weighted by Gasteiger charge is 2.31. The number of nitrogens with one attached hydrogen (secondary N) is 1. The fourth-order valence-electron chi connectivity index (χ4n) is 5.32. The zero-order valence-corrected chi connectivity index (χ0v) is 21.3. The number of rotatable bonds is 3. The molecule has 38 heavy (non-hydrogen) atoms. The van der Waals surface area contributed by atoms with E-state index in [0.717, 1.165) is 29.6 Å². The normalized spacial score (nSPS) is 15.2. The minimum absolute atomic E-state index is 0.0208. The van der Waals surface area contributed by atoms with E-state index < -0.39 is 0 Å². The summed E-state index contributed by atoms with van der Waals surface area (Å²) in [6, 6.07) is 15.8. The Morgan fingerprint density at radius 3 is 2.61 bits per heavy atom. The van der Waals surface area contributed by atoms with Gasteiger partial charge in [-0.25, -0.2) is 24.6 Å². The highest BCUT2D eigenvalue weighted by atomic mass is 16.1. The zero-order valence-electron chi connectivity index (χ0n) is 21.3. The third kappa shape index (κ3) is 3.30. The van der Waals surface area contributed by atoms with Crippen LogP contribution in [0.4, 0.5) is 11.6 Å². The highest BCUT2D eigenvalue weighted by molar-refractivity contribution is 5.95. The van der Waals surface area contributed by atoms with E-state index in [1.807, 2.05) is 30.3 Å². The maximum atomic E-state index is 13.7. The van der Waals surface area contributed by atoms with E-state index in [4.69, 9.17) is 4.98 Å². The van der Waals surface area contributed by atoms with Gasteiger partial charge in [-0.15, -0.1) is 0 Å². The first-order valence-electron chi connectivity index (χ1n) is 12.5. The molecule has 0 atom stereocenters. The van der Waals surface area contributed by atoms with Crippen molar-refractivity contribution in [3.8, 4) is 5.95 Å². The first-order valence-corrected chi connectivity index (χ1v) is 12.5. The molecular weight excluding hydrogens is 478 g/mol. The molecule has 0 spiro atoms. The van der Waals surface area contributed by atoms with Gasteiger partial charge in [0.25, 0.3) is 5.56 Å². The van der Waals surface area contributed by atoms with Crippen LogP contribution in [0.5, 0.6) is 0 Å². The lowest BCUT2D eigenvalue weighted by molar-refractivity contribution is 0.143. The van der Waals surface area contributed by atoms with Crippen molar-refractivity contribution in [2.75, 3.05) is 18.9 Å². The third-order valence-corrected chi connectivity index (χ3v) is 7.61. The summed E-state index contributed by atoms with van der Waals surface area (Å²) in [7, 11) is 2.16. The minimum Gasteiger partial charge on any atom is -0.324 e. The number of hydrogen-bond acceptors (Lipinski definition) is 8. The molecule has 188 valence electrons. The molecule has 6 aromatic rings. The van der Waals surface area contributed by atoms with Crippen LogP contribution >= 0.6 is 0 Å². The van der Waals surface area contributed by atoms with E-state index in [1.54, 1.807) is 23.1 Å². The second-order valence-electron chi connectivity index (χ2n) is 10.1. The van der Waals surface area contributed by atoms with Crippen molar-refractivity contribution >= 4 is 39.2 Å². The molecule has 1 aliphatic rings. The van der Waals surface area contributed by atoms with Crippen LogP contribution in [0, 0.1) is 0 Å². The van der Waals surface area contributed by atoms with Gasteiger partial charge in [-0.05, 0) is 68.8 Å². The van der Waals surface area contributed by atoms with Crippen molar-refractivity contribution in [3.05, 3.63) is 88.6 Å². The van der Waals surface area contributed by atoms with Crippen LogP contribution in [0.1, 0.15) is 25.0 Å². The van der Waals surface area contributed by atoms with Crippen LogP contribution in [0.15, 0.2) is 71.9 Å². The Labute approximate surface area is 217 Å². The Morgan fingerprint density at radius 2 is 1.76 bits per heavy atom. The minimum atomic E-state index is -0.291. The third-order valence-electron chi connectivity index (χ3n) is 7.61. The average molecular weight is 504 g/mol. The number of hydrogen-bond donors (Lipinski definition) is 1. The molecule has 0 fully saturated rings. The van der Waals surface area contributed by atoms with Crippen LogP contribution in [0.3, 0.4) is 0 Å². The molecule has 1 aliphatic heterocycles. The Kier molecular flexibility index (Phi) is 4.83. The lowest BCUT2D eigenvalue weighted by Gasteiger charge is -2.41. The Bertz CT molecular complexity index is 1920. The van der Waals surface area contributed by atoms with Crippen molar-refractivity contribution < 1.29 is 0 Å². The molecule has 1 N–H and O–H groups in total. The van der Waals surface area contributed by atoms with Crippen molar-refractivity contribution in [1.82, 2.24) is 39.0 Å². The van der Waals surface area contributed by atoms with Gasteiger partial charge in [0, 0.05) is 41.7 Å². The van der Waals surface area contributed by atoms with E-state index in [-0.39, 0.29) is 11.1 Å². The van der Waals surface area contributed by atoms with Gasteiger partial charge >= 0.3 is 0 Å². The fourth-order valence-corrected chi connectivity index (χ4v) is 5.32. The number of aromatic nitrogens is 7. The molecule has 5 heterocycles. The SMILES string of the molecule is CN1CCc2cc(Nc3ncc4c(=O)n5c(nc4n3)c3ccccc3n5-c3ncccn3)ccc2C1(C)C. The van der Waals surface area contributed by atoms with Crippen LogP contribution in [0.2, 0.25) is 0 Å². The predicted molar refractivity (Wildman–Crippen MR) is 146 cm³/mol. The number of nitrogens with zero attached hydrogens (tertiary/aromatic N) is 8. The quantitative estimate of drug-likeness (QED) is 0.388. The molecule has 0 aliphatic carbocycles. The van der Waals surface area contributed by atoms with Crippen LogP contribution in [0.25, 0.3) is 33.5 Å². The number of likely N-dealkylation sites (N-methyl/N-ethyl adjacent to an activating group) is 1. The Hall–Kier alpha value is -4.70. The molecule has 0 saturated heterocycles. The molecule has 0 amide bonds. The van der Waals surface area contributed by atoms with Crippen LogP contribution in [-0.4, -0.2) is 52.6 Å². The van der Waals surface area contributed by atoms with Crippen molar-refractivity contribution in [2.45, 2.75) is 25.8 Å². The number of fused-ring (bicyclic) bond motifs is 5. The van der Waals surface area contributed by atoms with Gasteiger partial charge in [-0.1, -0.05) is 18.2 Å². The number of anilines is 2.